The Labute approximate surface area is 108 Å². The first-order valence-electron chi connectivity index (χ1n) is 2.90. The predicted molar refractivity (Wildman–Crippen MR) is 45.3 cm³/mol. The largest absolute Gasteiger partial charge is 1.00 e. The van der Waals surface area contributed by atoms with Crippen LogP contribution in [0, 0.1) is 0 Å². The third kappa shape index (κ3) is 1.99. The molecule has 8 heteroatoms. The van der Waals surface area contributed by atoms with Gasteiger partial charge in [-0.2, -0.15) is 0 Å². The summed E-state index contributed by atoms with van der Waals surface area (Å²) in [5.41, 5.74) is 0. The molecule has 1 unspecified atom stereocenters. The molecular weight excluding hydrogens is 243 g/mol. The van der Waals surface area contributed by atoms with E-state index in [1.807, 2.05) is 0 Å². The van der Waals surface area contributed by atoms with Crippen molar-refractivity contribution in [3.63, 3.8) is 0 Å². The molecule has 13 heavy (non-hydrogen) atoms. The number of fused-ring (bicyclic) bond motifs is 1. The van der Waals surface area contributed by atoms with Crippen molar-refractivity contribution in [2.75, 3.05) is 0 Å². The second-order valence-electron chi connectivity index (χ2n) is 2.00. The topological polar surface area (TPSA) is 57.4 Å². The first-order chi connectivity index (χ1) is 5.70. The molecule has 0 aliphatic carbocycles. The molecule has 0 saturated carbocycles. The maximum Gasteiger partial charge on any atom is 1.00 e. The van der Waals surface area contributed by atoms with Gasteiger partial charge in [0, 0.05) is 11.6 Å². The summed E-state index contributed by atoms with van der Waals surface area (Å²) in [6.45, 7) is 0. The van der Waals surface area contributed by atoms with Crippen molar-refractivity contribution in [2.24, 2.45) is 0 Å². The normalized spacial score (nSPS) is 12.8. The predicted octanol–water partition coefficient (Wildman–Crippen LogP) is -1.71. The molecule has 0 amide bonds. The SMILES string of the molecule is O=S([O-])c1c(Cl)nc2sccn12.[Na+]. The van der Waals surface area contributed by atoms with Gasteiger partial charge in [0.2, 0.25) is 0 Å². The molecule has 0 bridgehead atoms. The van der Waals surface area contributed by atoms with Crippen LogP contribution >= 0.6 is 22.9 Å². The molecule has 0 saturated heterocycles. The van der Waals surface area contributed by atoms with E-state index in [2.05, 4.69) is 4.98 Å². The number of halogens is 1. The Morgan fingerprint density at radius 2 is 2.38 bits per heavy atom. The first-order valence-corrected chi connectivity index (χ1v) is 5.23. The Bertz CT molecular complexity index is 454. The molecular formula is C5H2ClN2NaO2S2. The van der Waals surface area contributed by atoms with Crippen molar-refractivity contribution in [3.8, 4) is 0 Å². The summed E-state index contributed by atoms with van der Waals surface area (Å²) in [6, 6.07) is 0. The third-order valence-corrected chi connectivity index (χ3v) is 3.17. The molecule has 1 atom stereocenters. The second-order valence-corrected chi connectivity index (χ2v) is 4.09. The van der Waals surface area contributed by atoms with E-state index >= 15 is 0 Å². The van der Waals surface area contributed by atoms with E-state index in [0.29, 0.717) is 4.96 Å². The molecule has 0 aliphatic rings. The number of hydrogen-bond acceptors (Lipinski definition) is 4. The molecule has 2 rings (SSSR count). The van der Waals surface area contributed by atoms with Gasteiger partial charge in [-0.05, 0) is 11.1 Å². The molecule has 0 fully saturated rings. The molecule has 2 aromatic rings. The van der Waals surface area contributed by atoms with Gasteiger partial charge in [-0.25, -0.2) is 4.98 Å². The van der Waals surface area contributed by atoms with Crippen LogP contribution in [-0.2, 0) is 11.1 Å². The maximum atomic E-state index is 10.7. The molecule has 0 N–H and O–H groups in total. The second kappa shape index (κ2) is 4.39. The van der Waals surface area contributed by atoms with Crippen molar-refractivity contribution in [1.82, 2.24) is 9.38 Å². The minimum atomic E-state index is -2.34. The van der Waals surface area contributed by atoms with Crippen LogP contribution in [0.1, 0.15) is 0 Å². The zero-order valence-corrected chi connectivity index (χ0v) is 10.9. The molecule has 0 aliphatic heterocycles. The molecule has 2 aromatic heterocycles. The fourth-order valence-corrected chi connectivity index (χ4v) is 2.56. The van der Waals surface area contributed by atoms with E-state index in [1.54, 1.807) is 11.6 Å². The van der Waals surface area contributed by atoms with Crippen LogP contribution in [0.2, 0.25) is 5.15 Å². The summed E-state index contributed by atoms with van der Waals surface area (Å²) in [5.74, 6) is 0. The van der Waals surface area contributed by atoms with Crippen LogP contribution in [0.4, 0.5) is 0 Å². The standard InChI is InChI=1S/C5H3ClN2O2S2.Na/c6-3-4(12(9)10)8-1-2-11-5(8)7-3;/h1-2H,(H,9,10);/q;+1/p-1. The Morgan fingerprint density at radius 1 is 1.69 bits per heavy atom. The number of nitrogens with zero attached hydrogens (tertiary/aromatic N) is 2. The van der Waals surface area contributed by atoms with Crippen LogP contribution in [0.25, 0.3) is 4.96 Å². The smallest absolute Gasteiger partial charge is 0.767 e. The molecule has 0 spiro atoms. The van der Waals surface area contributed by atoms with Crippen molar-refractivity contribution < 1.29 is 38.3 Å². The van der Waals surface area contributed by atoms with E-state index in [4.69, 9.17) is 11.6 Å². The Balaban J connectivity index is 0.000000845. The summed E-state index contributed by atoms with van der Waals surface area (Å²) < 4.78 is 22.7. The summed E-state index contributed by atoms with van der Waals surface area (Å²) in [6.07, 6.45) is 1.62. The fourth-order valence-electron chi connectivity index (χ4n) is 0.888. The molecule has 2 heterocycles. The van der Waals surface area contributed by atoms with Crippen LogP contribution in [0.15, 0.2) is 16.6 Å². The average molecular weight is 245 g/mol. The third-order valence-electron chi connectivity index (χ3n) is 1.34. The minimum absolute atomic E-state index is 0. The van der Waals surface area contributed by atoms with E-state index < -0.39 is 11.1 Å². The van der Waals surface area contributed by atoms with Crippen LogP contribution in [0.3, 0.4) is 0 Å². The monoisotopic (exact) mass is 244 g/mol. The number of aromatic nitrogens is 2. The van der Waals surface area contributed by atoms with Gasteiger partial charge in [0.15, 0.2) is 10.1 Å². The van der Waals surface area contributed by atoms with Gasteiger partial charge >= 0.3 is 29.6 Å². The number of rotatable bonds is 1. The van der Waals surface area contributed by atoms with Crippen LogP contribution < -0.4 is 29.6 Å². The maximum absolute atomic E-state index is 10.7. The zero-order valence-electron chi connectivity index (χ0n) is 6.56. The average Bonchev–Trinajstić information content (AvgIpc) is 2.44. The van der Waals surface area contributed by atoms with Gasteiger partial charge < -0.3 is 4.55 Å². The fraction of sp³-hybridized carbons (Fsp3) is 0. The molecule has 0 radical (unpaired) electrons. The van der Waals surface area contributed by atoms with E-state index in [0.717, 1.165) is 0 Å². The van der Waals surface area contributed by atoms with E-state index in [-0.39, 0.29) is 39.7 Å². The van der Waals surface area contributed by atoms with Crippen molar-refractivity contribution in [3.05, 3.63) is 16.7 Å². The molecule has 4 nitrogen and oxygen atoms in total. The first kappa shape index (κ1) is 11.6. The van der Waals surface area contributed by atoms with Gasteiger partial charge in [-0.3, -0.25) is 8.61 Å². The van der Waals surface area contributed by atoms with Gasteiger partial charge in [-0.15, -0.1) is 11.3 Å². The quantitative estimate of drug-likeness (QED) is 0.444. The summed E-state index contributed by atoms with van der Waals surface area (Å²) >= 11 is 4.58. The zero-order chi connectivity index (χ0) is 8.72. The molecule has 0 aromatic carbocycles. The summed E-state index contributed by atoms with van der Waals surface area (Å²) in [7, 11) is 0. The van der Waals surface area contributed by atoms with E-state index in [9.17, 15) is 8.76 Å². The van der Waals surface area contributed by atoms with Gasteiger partial charge in [0.1, 0.15) is 5.03 Å². The van der Waals surface area contributed by atoms with Gasteiger partial charge in [0.05, 0.1) is 0 Å². The van der Waals surface area contributed by atoms with Gasteiger partial charge in [0.25, 0.3) is 0 Å². The van der Waals surface area contributed by atoms with E-state index in [1.165, 1.54) is 15.7 Å². The van der Waals surface area contributed by atoms with Crippen molar-refractivity contribution in [1.29, 1.82) is 0 Å². The number of thiazole rings is 1. The van der Waals surface area contributed by atoms with Crippen molar-refractivity contribution >= 4 is 39.0 Å². The Kier molecular flexibility index (Phi) is 3.94. The summed E-state index contributed by atoms with van der Waals surface area (Å²) in [5, 5.41) is 1.79. The number of hydrogen-bond donors (Lipinski definition) is 0. The number of imidazole rings is 1. The minimum Gasteiger partial charge on any atom is -0.767 e. The van der Waals surface area contributed by atoms with Crippen molar-refractivity contribution in [2.45, 2.75) is 5.03 Å². The Hall–Kier alpha value is 0.570. The Morgan fingerprint density at radius 3 is 3.00 bits per heavy atom. The van der Waals surface area contributed by atoms with Gasteiger partial charge in [-0.1, -0.05) is 11.6 Å². The van der Waals surface area contributed by atoms with Crippen LogP contribution in [-0.4, -0.2) is 18.1 Å². The van der Waals surface area contributed by atoms with Crippen LogP contribution in [0.5, 0.6) is 0 Å². The molecule has 64 valence electrons. The summed E-state index contributed by atoms with van der Waals surface area (Å²) in [4.78, 5) is 4.43.